The summed E-state index contributed by atoms with van der Waals surface area (Å²) >= 11 is 0. The summed E-state index contributed by atoms with van der Waals surface area (Å²) in [6.45, 7) is 2.27. The number of hydrogen-bond donors (Lipinski definition) is 2. The molecule has 0 aliphatic rings. The van der Waals surface area contributed by atoms with Crippen LogP contribution >= 0.6 is 0 Å². The van der Waals surface area contributed by atoms with Gasteiger partial charge in [0.15, 0.2) is 0 Å². The lowest BCUT2D eigenvalue weighted by Gasteiger charge is -2.17. The molecule has 0 aromatic heterocycles. The maximum absolute atomic E-state index is 12.5. The number of carbonyl (C=O) groups is 2. The van der Waals surface area contributed by atoms with Gasteiger partial charge in [-0.1, -0.05) is 60.7 Å². The molecule has 0 aliphatic heterocycles. The highest BCUT2D eigenvalue weighted by molar-refractivity contribution is 5.99. The fraction of sp³-hybridized carbons (Fsp3) is 0.176. The molecule has 0 spiro atoms. The van der Waals surface area contributed by atoms with Gasteiger partial charge in [0.25, 0.3) is 0 Å². The molecular formula is C17H18N2O2. The largest absolute Gasteiger partial charge is 0.338 e. The fourth-order valence-electron chi connectivity index (χ4n) is 2.17. The van der Waals surface area contributed by atoms with E-state index in [-0.39, 0.29) is 5.91 Å². The molecule has 0 atom stereocenters. The minimum Gasteiger partial charge on any atom is -0.338 e. The monoisotopic (exact) mass is 282 g/mol. The maximum atomic E-state index is 12.5. The van der Waals surface area contributed by atoms with Crippen molar-refractivity contribution in [1.82, 2.24) is 10.6 Å². The Kier molecular flexibility index (Phi) is 5.10. The van der Waals surface area contributed by atoms with Crippen LogP contribution in [-0.2, 0) is 4.79 Å². The number of rotatable bonds is 4. The van der Waals surface area contributed by atoms with Crippen LogP contribution in [0, 0.1) is 0 Å². The average Bonchev–Trinajstić information content (AvgIpc) is 2.50. The van der Waals surface area contributed by atoms with Crippen LogP contribution in [0.25, 0.3) is 0 Å². The maximum Gasteiger partial charge on any atom is 0.321 e. The first kappa shape index (κ1) is 14.8. The van der Waals surface area contributed by atoms with Crippen LogP contribution in [0.4, 0.5) is 4.79 Å². The summed E-state index contributed by atoms with van der Waals surface area (Å²) in [5, 5.41) is 4.95. The molecule has 0 aliphatic carbocycles. The average molecular weight is 282 g/mol. The van der Waals surface area contributed by atoms with Crippen molar-refractivity contribution in [2.45, 2.75) is 12.8 Å². The van der Waals surface area contributed by atoms with Gasteiger partial charge in [0.05, 0.1) is 5.92 Å². The topological polar surface area (TPSA) is 58.2 Å². The van der Waals surface area contributed by atoms with Crippen molar-refractivity contribution in [3.8, 4) is 0 Å². The van der Waals surface area contributed by atoms with Crippen molar-refractivity contribution in [2.75, 3.05) is 6.54 Å². The molecule has 21 heavy (non-hydrogen) atoms. The second-order valence-corrected chi connectivity index (χ2v) is 4.60. The van der Waals surface area contributed by atoms with Crippen molar-refractivity contribution in [3.05, 3.63) is 71.8 Å². The van der Waals surface area contributed by atoms with Crippen molar-refractivity contribution in [1.29, 1.82) is 0 Å². The van der Waals surface area contributed by atoms with E-state index in [1.54, 1.807) is 6.92 Å². The minimum absolute atomic E-state index is 0.335. The molecular weight excluding hydrogens is 264 g/mol. The van der Waals surface area contributed by atoms with Crippen LogP contribution in [0.2, 0.25) is 0 Å². The van der Waals surface area contributed by atoms with E-state index in [4.69, 9.17) is 0 Å². The van der Waals surface area contributed by atoms with Gasteiger partial charge in [0.1, 0.15) is 0 Å². The summed E-state index contributed by atoms with van der Waals surface area (Å²) in [4.78, 5) is 24.0. The Balaban J connectivity index is 2.29. The molecule has 0 radical (unpaired) electrons. The number of urea groups is 1. The van der Waals surface area contributed by atoms with Gasteiger partial charge in [0, 0.05) is 6.54 Å². The van der Waals surface area contributed by atoms with E-state index in [0.717, 1.165) is 11.1 Å². The van der Waals surface area contributed by atoms with E-state index in [9.17, 15) is 9.59 Å². The Morgan fingerprint density at radius 1 is 0.905 bits per heavy atom. The van der Waals surface area contributed by atoms with E-state index in [1.165, 1.54) is 0 Å². The van der Waals surface area contributed by atoms with E-state index >= 15 is 0 Å². The molecule has 0 saturated heterocycles. The SMILES string of the molecule is CCNC(=O)NC(=O)C(c1ccccc1)c1ccccc1. The Morgan fingerprint density at radius 3 is 1.81 bits per heavy atom. The second kappa shape index (κ2) is 7.24. The third-order valence-corrected chi connectivity index (χ3v) is 3.10. The van der Waals surface area contributed by atoms with Crippen LogP contribution in [-0.4, -0.2) is 18.5 Å². The third-order valence-electron chi connectivity index (χ3n) is 3.10. The van der Waals surface area contributed by atoms with Gasteiger partial charge < -0.3 is 5.32 Å². The van der Waals surface area contributed by atoms with Crippen LogP contribution in [0.5, 0.6) is 0 Å². The van der Waals surface area contributed by atoms with Gasteiger partial charge in [-0.15, -0.1) is 0 Å². The summed E-state index contributed by atoms with van der Waals surface area (Å²) in [6, 6.07) is 18.4. The van der Waals surface area contributed by atoms with E-state index in [1.807, 2.05) is 60.7 Å². The van der Waals surface area contributed by atoms with Crippen molar-refractivity contribution in [2.24, 2.45) is 0 Å². The second-order valence-electron chi connectivity index (χ2n) is 4.60. The number of hydrogen-bond acceptors (Lipinski definition) is 2. The van der Waals surface area contributed by atoms with Gasteiger partial charge in [-0.3, -0.25) is 10.1 Å². The third kappa shape index (κ3) is 3.92. The lowest BCUT2D eigenvalue weighted by atomic mass is 9.90. The summed E-state index contributed by atoms with van der Waals surface area (Å²) in [6.07, 6.45) is 0. The molecule has 4 heteroatoms. The standard InChI is InChI=1S/C17H18N2O2/c1-2-18-17(21)19-16(20)15(13-9-5-3-6-10-13)14-11-7-4-8-12-14/h3-12,15H,2H2,1H3,(H2,18,19,20,21). The Morgan fingerprint density at radius 2 is 1.38 bits per heavy atom. The first-order valence-electron chi connectivity index (χ1n) is 6.91. The zero-order valence-corrected chi connectivity index (χ0v) is 11.9. The molecule has 108 valence electrons. The van der Waals surface area contributed by atoms with E-state index < -0.39 is 11.9 Å². The normalized spacial score (nSPS) is 10.2. The smallest absolute Gasteiger partial charge is 0.321 e. The Labute approximate surface area is 124 Å². The summed E-state index contributed by atoms with van der Waals surface area (Å²) in [7, 11) is 0. The molecule has 0 bridgehead atoms. The summed E-state index contributed by atoms with van der Waals surface area (Å²) < 4.78 is 0. The van der Waals surface area contributed by atoms with E-state index in [0.29, 0.717) is 6.54 Å². The molecule has 0 heterocycles. The van der Waals surface area contributed by atoms with Crippen LogP contribution in [0.1, 0.15) is 24.0 Å². The highest BCUT2D eigenvalue weighted by Crippen LogP contribution is 2.24. The lowest BCUT2D eigenvalue weighted by molar-refractivity contribution is -0.120. The predicted molar refractivity (Wildman–Crippen MR) is 81.9 cm³/mol. The molecule has 2 aromatic carbocycles. The zero-order chi connectivity index (χ0) is 15.1. The minimum atomic E-state index is -0.505. The number of amides is 3. The van der Waals surface area contributed by atoms with Crippen molar-refractivity contribution in [3.63, 3.8) is 0 Å². The highest BCUT2D eigenvalue weighted by Gasteiger charge is 2.23. The molecule has 2 N–H and O–H groups in total. The van der Waals surface area contributed by atoms with Crippen molar-refractivity contribution >= 4 is 11.9 Å². The van der Waals surface area contributed by atoms with Gasteiger partial charge in [-0.05, 0) is 18.1 Å². The van der Waals surface area contributed by atoms with Gasteiger partial charge in [-0.25, -0.2) is 4.79 Å². The zero-order valence-electron chi connectivity index (χ0n) is 11.9. The fourth-order valence-corrected chi connectivity index (χ4v) is 2.17. The van der Waals surface area contributed by atoms with Crippen LogP contribution < -0.4 is 10.6 Å². The molecule has 0 unspecified atom stereocenters. The van der Waals surface area contributed by atoms with E-state index in [2.05, 4.69) is 10.6 Å². The Bertz CT molecular complexity index is 557. The Hall–Kier alpha value is -2.62. The molecule has 2 rings (SSSR count). The van der Waals surface area contributed by atoms with Crippen molar-refractivity contribution < 1.29 is 9.59 Å². The number of imide groups is 1. The number of benzene rings is 2. The summed E-state index contributed by atoms with van der Waals surface area (Å²) in [5.41, 5.74) is 1.70. The highest BCUT2D eigenvalue weighted by atomic mass is 16.2. The lowest BCUT2D eigenvalue weighted by Crippen LogP contribution is -2.41. The summed E-state index contributed by atoms with van der Waals surface area (Å²) in [5.74, 6) is -0.839. The van der Waals surface area contributed by atoms with Gasteiger partial charge >= 0.3 is 6.03 Å². The molecule has 3 amide bonds. The molecule has 2 aromatic rings. The molecule has 0 saturated carbocycles. The number of carbonyl (C=O) groups excluding carboxylic acids is 2. The van der Waals surface area contributed by atoms with Gasteiger partial charge in [0.2, 0.25) is 5.91 Å². The first-order chi connectivity index (χ1) is 10.2. The first-order valence-corrected chi connectivity index (χ1v) is 6.91. The predicted octanol–water partition coefficient (Wildman–Crippen LogP) is 2.66. The molecule has 0 fully saturated rings. The van der Waals surface area contributed by atoms with Crippen LogP contribution in [0.15, 0.2) is 60.7 Å². The number of nitrogens with one attached hydrogen (secondary N) is 2. The molecule has 4 nitrogen and oxygen atoms in total. The van der Waals surface area contributed by atoms with Gasteiger partial charge in [-0.2, -0.15) is 0 Å². The van der Waals surface area contributed by atoms with Crippen LogP contribution in [0.3, 0.4) is 0 Å². The quantitative estimate of drug-likeness (QED) is 0.905.